The van der Waals surface area contributed by atoms with Crippen LogP contribution in [0.4, 0.5) is 4.79 Å². The maximum atomic E-state index is 9.90. The smallest absolute Gasteiger partial charge is 1.00 e. The maximum absolute atomic E-state index is 9.90. The molecule has 28 heavy (non-hydrogen) atoms. The van der Waals surface area contributed by atoms with Gasteiger partial charge in [-0.15, -0.1) is 0 Å². The van der Waals surface area contributed by atoms with E-state index in [0.717, 1.165) is 0 Å². The molecule has 7 N–H and O–H groups in total. The van der Waals surface area contributed by atoms with Crippen molar-refractivity contribution in [2.45, 2.75) is 24.4 Å². The molecule has 0 radical (unpaired) electrons. The fourth-order valence-electron chi connectivity index (χ4n) is 0.618. The quantitative estimate of drug-likeness (QED) is 0.0974. The average molecular weight is 539 g/mol. The van der Waals surface area contributed by atoms with Crippen LogP contribution in [0, 0.1) is 0 Å². The van der Waals surface area contributed by atoms with Crippen LogP contribution < -0.4 is 209 Å². The third-order valence-corrected chi connectivity index (χ3v) is 1.42. The van der Waals surface area contributed by atoms with Crippen LogP contribution >= 0.6 is 7.82 Å². The Kier molecular flexibility index (Phi) is 89.7. The van der Waals surface area contributed by atoms with Crippen molar-refractivity contribution in [3.05, 3.63) is 0 Å². The summed E-state index contributed by atoms with van der Waals surface area (Å²) in [6, 6.07) is 0. The number of aliphatic hydroxyl groups excluding tert-OH is 5. The van der Waals surface area contributed by atoms with Gasteiger partial charge in [-0.25, -0.2) is 0 Å². The molecule has 0 aliphatic carbocycles. The number of carbonyl (C=O) groups excluding carboxylic acids is 1. The number of rotatable bonds is 5. The summed E-state index contributed by atoms with van der Waals surface area (Å²) >= 11 is 0. The Balaban J connectivity index is -0.0000000222. The molecule has 0 saturated carbocycles. The summed E-state index contributed by atoms with van der Waals surface area (Å²) in [4.78, 5) is 42.6. The molecule has 0 aromatic heterocycles. The van der Waals surface area contributed by atoms with Crippen LogP contribution in [0.1, 0.15) is 0 Å². The Hall–Kier alpha value is 5.07. The monoisotopic (exact) mass is 538 g/mol. The summed E-state index contributed by atoms with van der Waals surface area (Å²) < 4.78 is 8.66. The fraction of sp³-hybridized carbons (Fsp3) is 0.714. The van der Waals surface area contributed by atoms with Crippen molar-refractivity contribution in [3.8, 4) is 0 Å². The summed E-state index contributed by atoms with van der Waals surface area (Å²) in [5.74, 6) is 0. The molecule has 21 heteroatoms. The van der Waals surface area contributed by atoms with Gasteiger partial charge in [0, 0.05) is 0 Å². The number of hydrogen-bond acceptors (Lipinski definition) is 11. The summed E-state index contributed by atoms with van der Waals surface area (Å²) in [5, 5.41) is 58.8. The van der Waals surface area contributed by atoms with Crippen LogP contribution in [-0.4, -0.2) is 79.0 Å². The standard InChI is InChI=1S/C6H12O6.CH2O3.2ClH.K.4Na.H3O4P/c7-1-3(9)5(11)6(12)4(10)2-8;2-1(3)4;;;;;;;;1-5(2,3)4/h1,3-6,8-12H,2H2;(H2,2,3,4);2*1H;;;;;;(H3,1,2,3,4)/q;;;;5*+1;/p-5. The van der Waals surface area contributed by atoms with Gasteiger partial charge in [0.1, 0.15) is 24.4 Å². The van der Waals surface area contributed by atoms with E-state index in [9.17, 15) is 4.79 Å². The van der Waals surface area contributed by atoms with Gasteiger partial charge in [-0.05, 0) is 0 Å². The Bertz CT molecular complexity index is 347. The van der Waals surface area contributed by atoms with Gasteiger partial charge in [0.05, 0.1) is 14.4 Å². The van der Waals surface area contributed by atoms with Crippen molar-refractivity contribution in [2.24, 2.45) is 0 Å². The van der Waals surface area contributed by atoms with Crippen LogP contribution in [0.25, 0.3) is 0 Å². The van der Waals surface area contributed by atoms with Crippen molar-refractivity contribution in [2.75, 3.05) is 6.61 Å². The molecule has 0 bridgehead atoms. The van der Waals surface area contributed by atoms with Gasteiger partial charge in [-0.2, -0.15) is 0 Å². The largest absolute Gasteiger partial charge is 1.00 e. The summed E-state index contributed by atoms with van der Waals surface area (Å²) in [6.45, 7) is -0.760. The zero-order chi connectivity index (χ0) is 17.8. The Morgan fingerprint density at radius 1 is 0.964 bits per heavy atom. The van der Waals surface area contributed by atoms with Gasteiger partial charge in [-0.3, -0.25) is 0 Å². The second-order valence-electron chi connectivity index (χ2n) is 3.09. The minimum Gasteiger partial charge on any atom is -1.00 e. The molecular formula is C7H14Cl2KNa4O13P. The number of aldehydes is 1. The Morgan fingerprint density at radius 2 is 1.18 bits per heavy atom. The molecule has 0 fully saturated rings. The number of carbonyl (C=O) groups is 2. The van der Waals surface area contributed by atoms with E-state index in [2.05, 4.69) is 0 Å². The molecule has 13 nitrogen and oxygen atoms in total. The fourth-order valence-corrected chi connectivity index (χ4v) is 0.618. The van der Waals surface area contributed by atoms with E-state index in [1.807, 2.05) is 0 Å². The van der Waals surface area contributed by atoms with Crippen molar-refractivity contribution < 1.29 is 259 Å². The molecule has 144 valence electrons. The molecule has 4 unspecified atom stereocenters. The zero-order valence-corrected chi connectivity index (χ0v) is 29.4. The van der Waals surface area contributed by atoms with E-state index in [-0.39, 0.29) is 201 Å². The molecule has 0 saturated heterocycles. The predicted octanol–water partition coefficient (Wildman–Crippen LogP) is -27.7. The van der Waals surface area contributed by atoms with E-state index in [0.29, 0.717) is 0 Å². The van der Waals surface area contributed by atoms with Crippen molar-refractivity contribution >= 4 is 20.3 Å². The van der Waals surface area contributed by atoms with Crippen LogP contribution in [0.5, 0.6) is 0 Å². The Morgan fingerprint density at radius 3 is 1.32 bits per heavy atom. The minimum atomic E-state index is -5.14. The number of phosphoric acid groups is 1. The van der Waals surface area contributed by atoms with Gasteiger partial charge in [-0.1, -0.05) is 0 Å². The SMILES string of the molecule is O=C([O-])O.O=CC(O)C(O)C(O)C(O)CO.O=P([O-])([O-])O.[Cl-].[Cl-].[K+].[Na+].[Na+].[Na+].[Na+]. The topological polar surface area (TPSA) is 262 Å². The number of hydrogen-bond donors (Lipinski definition) is 7. The van der Waals surface area contributed by atoms with E-state index < -0.39 is 45.0 Å². The first kappa shape index (κ1) is 63.9. The first-order chi connectivity index (χ1) is 9.27. The molecule has 0 aliphatic rings. The molecule has 0 heterocycles. The molecule has 0 spiro atoms. The van der Waals surface area contributed by atoms with Crippen molar-refractivity contribution in [1.29, 1.82) is 0 Å². The number of carboxylic acid groups (broad SMARTS) is 2. The predicted molar refractivity (Wildman–Crippen MR) is 55.0 cm³/mol. The molecular weight excluding hydrogens is 525 g/mol. The van der Waals surface area contributed by atoms with Gasteiger partial charge < -0.3 is 89.4 Å². The van der Waals surface area contributed by atoms with Crippen LogP contribution in [0.2, 0.25) is 0 Å². The van der Waals surface area contributed by atoms with Gasteiger partial charge in [0.2, 0.25) is 6.16 Å². The van der Waals surface area contributed by atoms with Crippen LogP contribution in [0.3, 0.4) is 0 Å². The minimum absolute atomic E-state index is 0. The van der Waals surface area contributed by atoms with E-state index in [4.69, 9.17) is 59.8 Å². The summed E-state index contributed by atoms with van der Waals surface area (Å²) in [7, 11) is -5.14. The summed E-state index contributed by atoms with van der Waals surface area (Å²) in [5.41, 5.74) is 0. The molecule has 4 atom stereocenters. The van der Waals surface area contributed by atoms with Gasteiger partial charge in [0.25, 0.3) is 0 Å². The molecule has 0 aromatic rings. The third kappa shape index (κ3) is 63.3. The normalized spacial score (nSPS) is 12.0. The maximum Gasteiger partial charge on any atom is 1.00 e. The van der Waals surface area contributed by atoms with Crippen molar-refractivity contribution in [3.63, 3.8) is 0 Å². The molecule has 0 rings (SSSR count). The molecule has 0 aliphatic heterocycles. The third-order valence-electron chi connectivity index (χ3n) is 1.42. The zero-order valence-electron chi connectivity index (χ0n) is 15.9. The van der Waals surface area contributed by atoms with Gasteiger partial charge >= 0.3 is 170 Å². The average Bonchev–Trinajstić information content (AvgIpc) is 2.32. The van der Waals surface area contributed by atoms with Crippen LogP contribution in [0.15, 0.2) is 0 Å². The summed E-state index contributed by atoms with van der Waals surface area (Å²) in [6.07, 6.45) is -8.92. The second kappa shape index (κ2) is 39.3. The first-order valence-corrected chi connectivity index (χ1v) is 6.20. The number of halogens is 2. The first-order valence-electron chi connectivity index (χ1n) is 4.71. The van der Waals surface area contributed by atoms with E-state index in [1.54, 1.807) is 0 Å². The van der Waals surface area contributed by atoms with Crippen molar-refractivity contribution in [1.82, 2.24) is 0 Å². The molecule has 0 amide bonds. The van der Waals surface area contributed by atoms with Crippen LogP contribution in [-0.2, 0) is 9.36 Å². The van der Waals surface area contributed by atoms with E-state index >= 15 is 0 Å². The molecule has 0 aromatic carbocycles. The Labute approximate surface area is 304 Å². The number of aliphatic hydroxyl groups is 5. The second-order valence-corrected chi connectivity index (χ2v) is 4.03. The van der Waals surface area contributed by atoms with Gasteiger partial charge in [0.15, 0.2) is 6.29 Å². The van der Waals surface area contributed by atoms with E-state index in [1.165, 1.54) is 0 Å².